The van der Waals surface area contributed by atoms with Gasteiger partial charge in [0.15, 0.2) is 0 Å². The molecule has 116 valence electrons. The van der Waals surface area contributed by atoms with Gasteiger partial charge in [-0.15, -0.1) is 0 Å². The van der Waals surface area contributed by atoms with E-state index in [4.69, 9.17) is 4.74 Å². The minimum Gasteiger partial charge on any atom is -0.493 e. The molecular formula is C19H29NO. The van der Waals surface area contributed by atoms with Gasteiger partial charge in [-0.3, -0.25) is 0 Å². The van der Waals surface area contributed by atoms with Gasteiger partial charge in [-0.05, 0) is 43.7 Å². The molecule has 0 saturated heterocycles. The highest BCUT2D eigenvalue weighted by Crippen LogP contribution is 2.46. The molecule has 2 aliphatic rings. The average Bonchev–Trinajstić information content (AvgIpc) is 2.92. The van der Waals surface area contributed by atoms with E-state index < -0.39 is 0 Å². The second kappa shape index (κ2) is 6.83. The quantitative estimate of drug-likeness (QED) is 0.778. The Morgan fingerprint density at radius 1 is 1.19 bits per heavy atom. The highest BCUT2D eigenvalue weighted by Gasteiger charge is 2.37. The zero-order valence-electron chi connectivity index (χ0n) is 13.4. The number of benzene rings is 1. The number of ether oxygens (including phenoxy) is 1. The largest absolute Gasteiger partial charge is 0.493 e. The molecule has 0 aromatic heterocycles. The fourth-order valence-electron chi connectivity index (χ4n) is 4.21. The lowest BCUT2D eigenvalue weighted by molar-refractivity contribution is 0.146. The van der Waals surface area contributed by atoms with E-state index in [1.165, 1.54) is 57.1 Å². The molecule has 21 heavy (non-hydrogen) atoms. The SMILES string of the molecule is CCCNCC1(CC2COc3ccccc32)CCCCC1. The topological polar surface area (TPSA) is 21.3 Å². The Morgan fingerprint density at radius 3 is 2.81 bits per heavy atom. The van der Waals surface area contributed by atoms with E-state index >= 15 is 0 Å². The van der Waals surface area contributed by atoms with E-state index in [0.717, 1.165) is 18.9 Å². The highest BCUT2D eigenvalue weighted by molar-refractivity contribution is 5.39. The van der Waals surface area contributed by atoms with Gasteiger partial charge in [0, 0.05) is 18.0 Å². The van der Waals surface area contributed by atoms with E-state index in [9.17, 15) is 0 Å². The first kappa shape index (κ1) is 14.9. The molecule has 0 bridgehead atoms. The summed E-state index contributed by atoms with van der Waals surface area (Å²) in [4.78, 5) is 0. The Labute approximate surface area is 129 Å². The average molecular weight is 287 g/mol. The van der Waals surface area contributed by atoms with Crippen LogP contribution in [0.1, 0.15) is 63.4 Å². The van der Waals surface area contributed by atoms with Crippen LogP contribution in [0.3, 0.4) is 0 Å². The van der Waals surface area contributed by atoms with Crippen LogP contribution in [0.2, 0.25) is 0 Å². The van der Waals surface area contributed by atoms with Gasteiger partial charge < -0.3 is 10.1 Å². The second-order valence-corrected chi connectivity index (χ2v) is 6.99. The maximum atomic E-state index is 5.90. The summed E-state index contributed by atoms with van der Waals surface area (Å²) in [6.45, 7) is 5.48. The van der Waals surface area contributed by atoms with Crippen molar-refractivity contribution in [2.45, 2.75) is 57.8 Å². The number of rotatable bonds is 6. The van der Waals surface area contributed by atoms with Crippen molar-refractivity contribution in [3.8, 4) is 5.75 Å². The predicted molar refractivity (Wildman–Crippen MR) is 88.0 cm³/mol. The molecule has 0 spiro atoms. The highest BCUT2D eigenvalue weighted by atomic mass is 16.5. The standard InChI is InChI=1S/C19H29NO/c1-2-12-20-15-19(10-6-3-7-11-19)13-16-14-21-18-9-5-4-8-17(16)18/h4-5,8-9,16,20H,2-3,6-7,10-15H2,1H3. The number of hydrogen-bond donors (Lipinski definition) is 1. The minimum atomic E-state index is 0.499. The molecule has 1 aliphatic heterocycles. The molecule has 1 atom stereocenters. The summed E-state index contributed by atoms with van der Waals surface area (Å²) >= 11 is 0. The summed E-state index contributed by atoms with van der Waals surface area (Å²) < 4.78 is 5.90. The van der Waals surface area contributed by atoms with Gasteiger partial charge in [0.25, 0.3) is 0 Å². The van der Waals surface area contributed by atoms with Crippen molar-refractivity contribution in [3.63, 3.8) is 0 Å². The van der Waals surface area contributed by atoms with Crippen LogP contribution >= 0.6 is 0 Å². The first-order valence-corrected chi connectivity index (χ1v) is 8.75. The van der Waals surface area contributed by atoms with Gasteiger partial charge in [-0.2, -0.15) is 0 Å². The van der Waals surface area contributed by atoms with Crippen molar-refractivity contribution >= 4 is 0 Å². The van der Waals surface area contributed by atoms with Crippen molar-refractivity contribution in [1.82, 2.24) is 5.32 Å². The summed E-state index contributed by atoms with van der Waals surface area (Å²) in [6, 6.07) is 8.63. The Bertz CT molecular complexity index is 451. The molecule has 1 N–H and O–H groups in total. The van der Waals surface area contributed by atoms with Gasteiger partial charge in [-0.1, -0.05) is 44.4 Å². The smallest absolute Gasteiger partial charge is 0.122 e. The van der Waals surface area contributed by atoms with Crippen LogP contribution in [0.15, 0.2) is 24.3 Å². The van der Waals surface area contributed by atoms with Gasteiger partial charge >= 0.3 is 0 Å². The molecule has 1 aromatic rings. The van der Waals surface area contributed by atoms with Crippen LogP contribution in [0.25, 0.3) is 0 Å². The third-order valence-corrected chi connectivity index (χ3v) is 5.32. The fraction of sp³-hybridized carbons (Fsp3) is 0.684. The lowest BCUT2D eigenvalue weighted by Gasteiger charge is -2.39. The fourth-order valence-corrected chi connectivity index (χ4v) is 4.21. The molecule has 2 nitrogen and oxygen atoms in total. The first-order valence-electron chi connectivity index (χ1n) is 8.75. The van der Waals surface area contributed by atoms with Gasteiger partial charge in [0.2, 0.25) is 0 Å². The third-order valence-electron chi connectivity index (χ3n) is 5.32. The summed E-state index contributed by atoms with van der Waals surface area (Å²) in [5.74, 6) is 1.72. The predicted octanol–water partition coefficient (Wildman–Crippen LogP) is 4.50. The lowest BCUT2D eigenvalue weighted by atomic mass is 9.68. The van der Waals surface area contributed by atoms with E-state index in [-0.39, 0.29) is 0 Å². The minimum absolute atomic E-state index is 0.499. The summed E-state index contributed by atoms with van der Waals surface area (Å²) in [7, 11) is 0. The van der Waals surface area contributed by atoms with Crippen molar-refractivity contribution in [2.75, 3.05) is 19.7 Å². The molecule has 3 rings (SSSR count). The van der Waals surface area contributed by atoms with Crippen LogP contribution in [-0.2, 0) is 0 Å². The Balaban J connectivity index is 1.70. The van der Waals surface area contributed by atoms with Crippen molar-refractivity contribution in [1.29, 1.82) is 0 Å². The molecule has 1 heterocycles. The molecule has 1 fully saturated rings. The first-order chi connectivity index (χ1) is 10.3. The molecule has 1 saturated carbocycles. The Morgan fingerprint density at radius 2 is 2.00 bits per heavy atom. The maximum Gasteiger partial charge on any atom is 0.122 e. The molecule has 1 aliphatic carbocycles. The van der Waals surface area contributed by atoms with Gasteiger partial charge in [0.1, 0.15) is 5.75 Å². The van der Waals surface area contributed by atoms with Crippen molar-refractivity contribution in [3.05, 3.63) is 29.8 Å². The van der Waals surface area contributed by atoms with E-state index in [2.05, 4.69) is 36.5 Å². The Hall–Kier alpha value is -1.02. The number of para-hydroxylation sites is 1. The van der Waals surface area contributed by atoms with E-state index in [0.29, 0.717) is 11.3 Å². The summed E-state index contributed by atoms with van der Waals surface area (Å²) in [5.41, 5.74) is 1.94. The van der Waals surface area contributed by atoms with Crippen LogP contribution < -0.4 is 10.1 Å². The van der Waals surface area contributed by atoms with Crippen LogP contribution in [0.4, 0.5) is 0 Å². The molecule has 0 amide bonds. The number of fused-ring (bicyclic) bond motifs is 1. The van der Waals surface area contributed by atoms with E-state index in [1.807, 2.05) is 0 Å². The molecule has 0 radical (unpaired) electrons. The second-order valence-electron chi connectivity index (χ2n) is 6.99. The van der Waals surface area contributed by atoms with Gasteiger partial charge in [0.05, 0.1) is 6.61 Å². The Kier molecular flexibility index (Phi) is 4.84. The van der Waals surface area contributed by atoms with E-state index in [1.54, 1.807) is 0 Å². The van der Waals surface area contributed by atoms with Gasteiger partial charge in [-0.25, -0.2) is 0 Å². The zero-order chi connectivity index (χ0) is 14.5. The van der Waals surface area contributed by atoms with Crippen molar-refractivity contribution in [2.24, 2.45) is 5.41 Å². The summed E-state index contributed by atoms with van der Waals surface area (Å²) in [5, 5.41) is 3.70. The maximum absolute atomic E-state index is 5.90. The normalized spacial score (nSPS) is 23.6. The summed E-state index contributed by atoms with van der Waals surface area (Å²) in [6.07, 6.45) is 9.54. The molecule has 1 unspecified atom stereocenters. The van der Waals surface area contributed by atoms with Crippen LogP contribution in [0.5, 0.6) is 5.75 Å². The lowest BCUT2D eigenvalue weighted by Crippen LogP contribution is -2.38. The molecule has 1 aromatic carbocycles. The van der Waals surface area contributed by atoms with Crippen LogP contribution in [0, 0.1) is 5.41 Å². The van der Waals surface area contributed by atoms with Crippen molar-refractivity contribution < 1.29 is 4.74 Å². The number of hydrogen-bond acceptors (Lipinski definition) is 2. The third kappa shape index (κ3) is 3.42. The zero-order valence-corrected chi connectivity index (χ0v) is 13.4. The van der Waals surface area contributed by atoms with Crippen LogP contribution in [-0.4, -0.2) is 19.7 Å². The molecular weight excluding hydrogens is 258 g/mol. The monoisotopic (exact) mass is 287 g/mol. The molecule has 2 heteroatoms. The number of nitrogens with one attached hydrogen (secondary N) is 1.